The highest BCUT2D eigenvalue weighted by molar-refractivity contribution is 7.90. The molecule has 0 fully saturated rings. The van der Waals surface area contributed by atoms with Gasteiger partial charge in [0.05, 0.1) is 35.4 Å². The number of esters is 1. The lowest BCUT2D eigenvalue weighted by Gasteiger charge is -2.06. The van der Waals surface area contributed by atoms with Crippen molar-refractivity contribution in [2.45, 2.75) is 25.6 Å². The lowest BCUT2D eigenvalue weighted by Crippen LogP contribution is -2.23. The summed E-state index contributed by atoms with van der Waals surface area (Å²) < 4.78 is 37.4. The van der Waals surface area contributed by atoms with E-state index in [0.29, 0.717) is 21.6 Å². The average Bonchev–Trinajstić information content (AvgIpc) is 3.08. The van der Waals surface area contributed by atoms with Crippen molar-refractivity contribution in [2.24, 2.45) is 4.99 Å². The monoisotopic (exact) mass is 476 g/mol. The van der Waals surface area contributed by atoms with Crippen LogP contribution in [0.1, 0.15) is 18.9 Å². The van der Waals surface area contributed by atoms with Crippen LogP contribution in [0.25, 0.3) is 10.2 Å². The molecule has 0 N–H and O–H groups in total. The Balaban J connectivity index is 1.83. The Hall–Kier alpha value is -2.98. The predicted molar refractivity (Wildman–Crippen MR) is 122 cm³/mol. The zero-order valence-electron chi connectivity index (χ0n) is 17.8. The topological polar surface area (TPSA) is 104 Å². The summed E-state index contributed by atoms with van der Waals surface area (Å²) in [7, 11) is -1.92. The maximum Gasteiger partial charge on any atom is 0.326 e. The first-order valence-electron chi connectivity index (χ1n) is 9.96. The third kappa shape index (κ3) is 6.27. The highest BCUT2D eigenvalue weighted by atomic mass is 32.2. The number of sulfone groups is 1. The first kappa shape index (κ1) is 23.7. The van der Waals surface area contributed by atoms with Crippen molar-refractivity contribution < 1.29 is 27.5 Å². The summed E-state index contributed by atoms with van der Waals surface area (Å²) in [6.45, 7) is 1.84. The van der Waals surface area contributed by atoms with Crippen molar-refractivity contribution in [3.05, 3.63) is 58.9 Å². The van der Waals surface area contributed by atoms with E-state index in [1.54, 1.807) is 61.1 Å². The third-order valence-corrected chi connectivity index (χ3v) is 7.20. The number of amides is 1. The maximum atomic E-state index is 12.5. The van der Waals surface area contributed by atoms with Crippen LogP contribution in [0.15, 0.2) is 53.5 Å². The first-order valence-corrected chi connectivity index (χ1v) is 12.6. The number of carbonyl (C=O) groups excluding carboxylic acids is 2. The van der Waals surface area contributed by atoms with Gasteiger partial charge in [-0.1, -0.05) is 41.7 Å². The highest BCUT2D eigenvalue weighted by Crippen LogP contribution is 2.23. The number of rotatable bonds is 9. The van der Waals surface area contributed by atoms with Gasteiger partial charge in [-0.05, 0) is 30.7 Å². The number of methoxy groups -OCH3 is 1. The fourth-order valence-corrected chi connectivity index (χ4v) is 5.47. The van der Waals surface area contributed by atoms with E-state index in [1.807, 2.05) is 6.07 Å². The molecule has 1 heterocycles. The molecule has 10 heteroatoms. The Kier molecular flexibility index (Phi) is 7.81. The van der Waals surface area contributed by atoms with E-state index in [0.717, 1.165) is 4.70 Å². The van der Waals surface area contributed by atoms with Crippen LogP contribution >= 0.6 is 11.3 Å². The van der Waals surface area contributed by atoms with Crippen molar-refractivity contribution in [3.63, 3.8) is 0 Å². The largest absolute Gasteiger partial charge is 0.497 e. The van der Waals surface area contributed by atoms with Crippen LogP contribution in [0.5, 0.6) is 5.75 Å². The van der Waals surface area contributed by atoms with Crippen LogP contribution in [0.2, 0.25) is 0 Å². The molecule has 32 heavy (non-hydrogen) atoms. The van der Waals surface area contributed by atoms with Gasteiger partial charge in [0.2, 0.25) is 5.91 Å². The fraction of sp³-hybridized carbons (Fsp3) is 0.318. The molecule has 3 rings (SSSR count). The van der Waals surface area contributed by atoms with E-state index >= 15 is 0 Å². The molecule has 170 valence electrons. The summed E-state index contributed by atoms with van der Waals surface area (Å²) in [6, 6.07) is 14.1. The molecule has 2 aromatic carbocycles. The van der Waals surface area contributed by atoms with Crippen molar-refractivity contribution in [1.29, 1.82) is 0 Å². The van der Waals surface area contributed by atoms with E-state index in [2.05, 4.69) is 4.99 Å². The number of hydrogen-bond acceptors (Lipinski definition) is 7. The molecule has 3 aromatic rings. The molecule has 0 bridgehead atoms. The molecule has 0 aliphatic carbocycles. The van der Waals surface area contributed by atoms with Gasteiger partial charge in [0.1, 0.15) is 12.3 Å². The smallest absolute Gasteiger partial charge is 0.326 e. The predicted octanol–water partition coefficient (Wildman–Crippen LogP) is 2.71. The molecule has 1 aromatic heterocycles. The minimum atomic E-state index is -3.47. The minimum absolute atomic E-state index is 0.113. The van der Waals surface area contributed by atoms with Crippen LogP contribution in [0.3, 0.4) is 0 Å². The number of thiazole rings is 1. The first-order chi connectivity index (χ1) is 15.3. The van der Waals surface area contributed by atoms with Crippen molar-refractivity contribution in [2.75, 3.05) is 19.5 Å². The molecule has 0 unspecified atom stereocenters. The third-order valence-electron chi connectivity index (χ3n) is 4.56. The van der Waals surface area contributed by atoms with Gasteiger partial charge in [0.15, 0.2) is 14.6 Å². The number of benzene rings is 2. The molecular weight excluding hydrogens is 452 g/mol. The van der Waals surface area contributed by atoms with Gasteiger partial charge in [0, 0.05) is 6.42 Å². The SMILES string of the molecule is CCOC(=O)Cn1c(=NC(=O)CCS(=O)(=O)Cc2ccccc2)sc2cc(OC)ccc21. The van der Waals surface area contributed by atoms with E-state index in [4.69, 9.17) is 9.47 Å². The molecular formula is C22H24N2O6S2. The Labute approximate surface area is 190 Å². The standard InChI is InChI=1S/C22H24N2O6S2/c1-3-30-21(26)14-24-18-10-9-17(29-2)13-19(18)31-22(24)23-20(25)11-12-32(27,28)15-16-7-5-4-6-8-16/h4-10,13H,3,11-12,14-15H2,1-2H3. The Morgan fingerprint density at radius 1 is 1.12 bits per heavy atom. The van der Waals surface area contributed by atoms with Gasteiger partial charge >= 0.3 is 5.97 Å². The molecule has 0 saturated carbocycles. The second kappa shape index (κ2) is 10.6. The number of carbonyl (C=O) groups is 2. The second-order valence-electron chi connectivity index (χ2n) is 6.94. The number of fused-ring (bicyclic) bond motifs is 1. The normalized spacial score (nSPS) is 12.1. The summed E-state index contributed by atoms with van der Waals surface area (Å²) in [5, 5.41) is 0. The van der Waals surface area contributed by atoms with E-state index in [9.17, 15) is 18.0 Å². The van der Waals surface area contributed by atoms with Crippen LogP contribution in [-0.2, 0) is 36.5 Å². The summed E-state index contributed by atoms with van der Waals surface area (Å²) in [4.78, 5) is 29.0. The lowest BCUT2D eigenvalue weighted by atomic mass is 10.2. The Morgan fingerprint density at radius 2 is 1.88 bits per heavy atom. The fourth-order valence-electron chi connectivity index (χ4n) is 3.06. The molecule has 0 spiro atoms. The van der Waals surface area contributed by atoms with Crippen LogP contribution < -0.4 is 9.54 Å². The number of hydrogen-bond donors (Lipinski definition) is 0. The highest BCUT2D eigenvalue weighted by Gasteiger charge is 2.16. The van der Waals surface area contributed by atoms with Gasteiger partial charge in [-0.25, -0.2) is 8.42 Å². The van der Waals surface area contributed by atoms with E-state index in [1.165, 1.54) is 11.3 Å². The van der Waals surface area contributed by atoms with Crippen molar-refractivity contribution >= 4 is 43.3 Å². The molecule has 0 atom stereocenters. The van der Waals surface area contributed by atoms with Gasteiger partial charge in [-0.3, -0.25) is 9.59 Å². The van der Waals surface area contributed by atoms with E-state index in [-0.39, 0.29) is 31.1 Å². The summed E-state index contributed by atoms with van der Waals surface area (Å²) in [6.07, 6.45) is -0.244. The van der Waals surface area contributed by atoms with Crippen molar-refractivity contribution in [1.82, 2.24) is 4.57 Å². The van der Waals surface area contributed by atoms with Gasteiger partial charge in [-0.2, -0.15) is 4.99 Å². The van der Waals surface area contributed by atoms with Crippen molar-refractivity contribution in [3.8, 4) is 5.75 Å². The van der Waals surface area contributed by atoms with Crippen LogP contribution in [0.4, 0.5) is 0 Å². The van der Waals surface area contributed by atoms with E-state index < -0.39 is 21.7 Å². The Morgan fingerprint density at radius 3 is 2.56 bits per heavy atom. The summed E-state index contributed by atoms with van der Waals surface area (Å²) >= 11 is 1.22. The number of aromatic nitrogens is 1. The number of ether oxygens (including phenoxy) is 2. The van der Waals surface area contributed by atoms with Gasteiger partial charge in [-0.15, -0.1) is 0 Å². The van der Waals surface area contributed by atoms with Gasteiger partial charge < -0.3 is 14.0 Å². The molecule has 0 aliphatic rings. The average molecular weight is 477 g/mol. The lowest BCUT2D eigenvalue weighted by molar-refractivity contribution is -0.143. The quantitative estimate of drug-likeness (QED) is 0.440. The number of nitrogens with zero attached hydrogens (tertiary/aromatic N) is 2. The molecule has 0 aliphatic heterocycles. The zero-order chi connectivity index (χ0) is 23.1. The molecule has 1 amide bonds. The molecule has 8 nitrogen and oxygen atoms in total. The minimum Gasteiger partial charge on any atom is -0.497 e. The zero-order valence-corrected chi connectivity index (χ0v) is 19.4. The summed E-state index contributed by atoms with van der Waals surface area (Å²) in [5.74, 6) is -0.833. The Bertz CT molecular complexity index is 1280. The molecule has 0 saturated heterocycles. The van der Waals surface area contributed by atoms with Crippen LogP contribution in [0, 0.1) is 0 Å². The summed E-state index contributed by atoms with van der Waals surface area (Å²) in [5.41, 5.74) is 1.37. The maximum absolute atomic E-state index is 12.5. The second-order valence-corrected chi connectivity index (χ2v) is 10.1. The van der Waals surface area contributed by atoms with Crippen LogP contribution in [-0.4, -0.2) is 44.3 Å². The molecule has 0 radical (unpaired) electrons. The van der Waals surface area contributed by atoms with Gasteiger partial charge in [0.25, 0.3) is 0 Å².